The summed E-state index contributed by atoms with van der Waals surface area (Å²) in [6.45, 7) is 0.664. The standard InChI is InChI=1S/C9H15F3N2O2/c1-8(16)3-2-4-14(6-8)7(15)13-5-9(10,11)12/h16H,2-6H2,1H3,(H,13,15). The van der Waals surface area contributed by atoms with Crippen LogP contribution in [0.3, 0.4) is 0 Å². The summed E-state index contributed by atoms with van der Waals surface area (Å²) >= 11 is 0. The lowest BCUT2D eigenvalue weighted by atomic mass is 9.95. The summed E-state index contributed by atoms with van der Waals surface area (Å²) in [5.74, 6) is 0. The smallest absolute Gasteiger partial charge is 0.388 e. The van der Waals surface area contributed by atoms with E-state index in [1.807, 2.05) is 0 Å². The van der Waals surface area contributed by atoms with Gasteiger partial charge in [0.1, 0.15) is 6.54 Å². The van der Waals surface area contributed by atoms with E-state index >= 15 is 0 Å². The fourth-order valence-corrected chi connectivity index (χ4v) is 1.68. The molecular formula is C9H15F3N2O2. The number of nitrogens with one attached hydrogen (secondary N) is 1. The van der Waals surface area contributed by atoms with E-state index in [9.17, 15) is 23.1 Å². The lowest BCUT2D eigenvalue weighted by molar-refractivity contribution is -0.123. The Labute approximate surface area is 91.4 Å². The molecule has 1 fully saturated rings. The quantitative estimate of drug-likeness (QED) is 0.721. The van der Waals surface area contributed by atoms with Gasteiger partial charge in [-0.2, -0.15) is 13.2 Å². The zero-order valence-electron chi connectivity index (χ0n) is 8.97. The van der Waals surface area contributed by atoms with Gasteiger partial charge in [-0.3, -0.25) is 0 Å². The number of urea groups is 1. The molecule has 1 saturated heterocycles. The number of carbonyl (C=O) groups excluding carboxylic acids is 1. The number of rotatable bonds is 1. The predicted octanol–water partition coefficient (Wildman–Crippen LogP) is 1.11. The Kier molecular flexibility index (Phi) is 3.67. The first-order chi connectivity index (χ1) is 7.20. The topological polar surface area (TPSA) is 52.6 Å². The molecule has 0 saturated carbocycles. The summed E-state index contributed by atoms with van der Waals surface area (Å²) in [7, 11) is 0. The molecule has 1 aliphatic heterocycles. The molecule has 2 amide bonds. The number of amides is 2. The maximum absolute atomic E-state index is 11.9. The van der Waals surface area contributed by atoms with Gasteiger partial charge in [0.05, 0.1) is 12.1 Å². The highest BCUT2D eigenvalue weighted by Gasteiger charge is 2.33. The number of nitrogens with zero attached hydrogens (tertiary/aromatic N) is 1. The third-order valence-electron chi connectivity index (χ3n) is 2.40. The van der Waals surface area contributed by atoms with Gasteiger partial charge in [-0.05, 0) is 19.8 Å². The van der Waals surface area contributed by atoms with Crippen molar-refractivity contribution in [1.29, 1.82) is 0 Å². The van der Waals surface area contributed by atoms with E-state index in [0.717, 1.165) is 0 Å². The maximum Gasteiger partial charge on any atom is 0.405 e. The molecule has 4 nitrogen and oxygen atoms in total. The van der Waals surface area contributed by atoms with Crippen molar-refractivity contribution in [3.63, 3.8) is 0 Å². The van der Waals surface area contributed by atoms with E-state index in [1.165, 1.54) is 4.90 Å². The molecule has 0 aliphatic carbocycles. The van der Waals surface area contributed by atoms with E-state index < -0.39 is 24.4 Å². The SMILES string of the molecule is CC1(O)CCCN(C(=O)NCC(F)(F)F)C1. The van der Waals surface area contributed by atoms with E-state index in [-0.39, 0.29) is 6.54 Å². The third kappa shape index (κ3) is 4.26. The van der Waals surface area contributed by atoms with Gasteiger partial charge >= 0.3 is 12.2 Å². The first-order valence-corrected chi connectivity index (χ1v) is 5.01. The second-order valence-electron chi connectivity index (χ2n) is 4.30. The van der Waals surface area contributed by atoms with Crippen LogP contribution in [0.15, 0.2) is 0 Å². The highest BCUT2D eigenvalue weighted by atomic mass is 19.4. The number of carbonyl (C=O) groups is 1. The van der Waals surface area contributed by atoms with Crippen molar-refractivity contribution in [1.82, 2.24) is 10.2 Å². The number of aliphatic hydroxyl groups is 1. The van der Waals surface area contributed by atoms with Gasteiger partial charge in [-0.15, -0.1) is 0 Å². The summed E-state index contributed by atoms with van der Waals surface area (Å²) < 4.78 is 35.6. The van der Waals surface area contributed by atoms with Crippen LogP contribution in [0.1, 0.15) is 19.8 Å². The fourth-order valence-electron chi connectivity index (χ4n) is 1.68. The van der Waals surface area contributed by atoms with Crippen molar-refractivity contribution in [2.45, 2.75) is 31.5 Å². The van der Waals surface area contributed by atoms with Crippen LogP contribution in [-0.2, 0) is 0 Å². The Morgan fingerprint density at radius 3 is 2.69 bits per heavy atom. The molecule has 0 aromatic rings. The van der Waals surface area contributed by atoms with Crippen molar-refractivity contribution >= 4 is 6.03 Å². The minimum Gasteiger partial charge on any atom is -0.388 e. The molecular weight excluding hydrogens is 225 g/mol. The van der Waals surface area contributed by atoms with Crippen LogP contribution in [0.4, 0.5) is 18.0 Å². The molecule has 0 aromatic carbocycles. The minimum atomic E-state index is -4.41. The first-order valence-electron chi connectivity index (χ1n) is 5.01. The number of hydrogen-bond acceptors (Lipinski definition) is 2. The number of likely N-dealkylation sites (tertiary alicyclic amines) is 1. The van der Waals surface area contributed by atoms with Crippen molar-refractivity contribution in [3.8, 4) is 0 Å². The fraction of sp³-hybridized carbons (Fsp3) is 0.889. The van der Waals surface area contributed by atoms with Crippen molar-refractivity contribution in [2.75, 3.05) is 19.6 Å². The average Bonchev–Trinajstić information content (AvgIpc) is 2.11. The summed E-state index contributed by atoms with van der Waals surface area (Å²) in [5, 5.41) is 11.5. The number of alkyl halides is 3. The zero-order chi connectivity index (χ0) is 12.4. The molecule has 2 N–H and O–H groups in total. The highest BCUT2D eigenvalue weighted by Crippen LogP contribution is 2.20. The summed E-state index contributed by atoms with van der Waals surface area (Å²) in [5.41, 5.74) is -1.01. The van der Waals surface area contributed by atoms with Crippen LogP contribution in [0.2, 0.25) is 0 Å². The highest BCUT2D eigenvalue weighted by molar-refractivity contribution is 5.74. The van der Waals surface area contributed by atoms with Crippen LogP contribution in [0.5, 0.6) is 0 Å². The monoisotopic (exact) mass is 240 g/mol. The molecule has 0 spiro atoms. The van der Waals surface area contributed by atoms with Gasteiger partial charge < -0.3 is 15.3 Å². The number of hydrogen-bond donors (Lipinski definition) is 2. The third-order valence-corrected chi connectivity index (χ3v) is 2.40. The van der Waals surface area contributed by atoms with Gasteiger partial charge in [0.2, 0.25) is 0 Å². The molecule has 0 radical (unpaired) electrons. The van der Waals surface area contributed by atoms with Crippen LogP contribution >= 0.6 is 0 Å². The molecule has 7 heteroatoms. The van der Waals surface area contributed by atoms with Gasteiger partial charge in [0, 0.05) is 6.54 Å². The van der Waals surface area contributed by atoms with Crippen LogP contribution in [0.25, 0.3) is 0 Å². The second kappa shape index (κ2) is 4.48. The number of piperidine rings is 1. The van der Waals surface area contributed by atoms with E-state index in [1.54, 1.807) is 12.2 Å². The Morgan fingerprint density at radius 2 is 2.19 bits per heavy atom. The second-order valence-corrected chi connectivity index (χ2v) is 4.30. The Morgan fingerprint density at radius 1 is 1.56 bits per heavy atom. The molecule has 1 heterocycles. The molecule has 16 heavy (non-hydrogen) atoms. The molecule has 94 valence electrons. The van der Waals surface area contributed by atoms with Gasteiger partial charge in [-0.25, -0.2) is 4.79 Å². The lowest BCUT2D eigenvalue weighted by Crippen LogP contribution is -2.52. The minimum absolute atomic E-state index is 0.0662. The van der Waals surface area contributed by atoms with E-state index in [0.29, 0.717) is 19.4 Å². The molecule has 1 unspecified atom stereocenters. The van der Waals surface area contributed by atoms with E-state index in [4.69, 9.17) is 0 Å². The largest absolute Gasteiger partial charge is 0.405 e. The molecule has 0 bridgehead atoms. The Bertz CT molecular complexity index is 266. The molecule has 0 aromatic heterocycles. The van der Waals surface area contributed by atoms with Crippen molar-refractivity contribution < 1.29 is 23.1 Å². The van der Waals surface area contributed by atoms with Crippen LogP contribution < -0.4 is 5.32 Å². The predicted molar refractivity (Wildman–Crippen MR) is 50.9 cm³/mol. The average molecular weight is 240 g/mol. The van der Waals surface area contributed by atoms with Crippen LogP contribution in [-0.4, -0.2) is 47.4 Å². The van der Waals surface area contributed by atoms with Gasteiger partial charge in [0.25, 0.3) is 0 Å². The number of halogens is 3. The van der Waals surface area contributed by atoms with Crippen molar-refractivity contribution in [2.24, 2.45) is 0 Å². The van der Waals surface area contributed by atoms with Crippen LogP contribution in [0, 0.1) is 0 Å². The summed E-state index contributed by atoms with van der Waals surface area (Å²) in [6, 6.07) is -0.780. The van der Waals surface area contributed by atoms with Gasteiger partial charge in [0.15, 0.2) is 0 Å². The summed E-state index contributed by atoms with van der Waals surface area (Å²) in [6.07, 6.45) is -3.27. The molecule has 1 atom stereocenters. The van der Waals surface area contributed by atoms with Gasteiger partial charge in [-0.1, -0.05) is 0 Å². The first kappa shape index (κ1) is 13.1. The number of β-amino-alcohol motifs (C(OH)–C–C–N with tert-alkyl or cyclic N) is 1. The Balaban J connectivity index is 2.42. The normalized spacial score (nSPS) is 26.7. The molecule has 1 rings (SSSR count). The van der Waals surface area contributed by atoms with Crippen molar-refractivity contribution in [3.05, 3.63) is 0 Å². The zero-order valence-corrected chi connectivity index (χ0v) is 8.97. The Hall–Kier alpha value is -0.980. The lowest BCUT2D eigenvalue weighted by Gasteiger charge is -2.36. The van der Waals surface area contributed by atoms with E-state index in [2.05, 4.69) is 0 Å². The summed E-state index contributed by atoms with van der Waals surface area (Å²) in [4.78, 5) is 12.5. The molecule has 1 aliphatic rings. The maximum atomic E-state index is 11.9.